The molecule has 1 aliphatic carbocycles. The molecule has 4 atom stereocenters. The number of carbonyl (C=O) groups is 2. The third-order valence-electron chi connectivity index (χ3n) is 9.71. The lowest BCUT2D eigenvalue weighted by Gasteiger charge is -2.37. The summed E-state index contributed by atoms with van der Waals surface area (Å²) in [4.78, 5) is 36.0. The summed E-state index contributed by atoms with van der Waals surface area (Å²) in [5.74, 6) is 0.296. The van der Waals surface area contributed by atoms with Gasteiger partial charge in [0.2, 0.25) is 5.69 Å². The van der Waals surface area contributed by atoms with E-state index < -0.39 is 29.2 Å². The first-order valence-corrected chi connectivity index (χ1v) is 17.8. The van der Waals surface area contributed by atoms with Crippen LogP contribution in [-0.2, 0) is 20.8 Å². The lowest BCUT2D eigenvalue weighted by Crippen LogP contribution is -2.45. The molecule has 1 saturated carbocycles. The second-order valence-electron chi connectivity index (χ2n) is 13.6. The zero-order valence-electron chi connectivity index (χ0n) is 28.4. The fraction of sp³-hybridized carbons (Fsp3) is 0.444. The second kappa shape index (κ2) is 14.0. The van der Waals surface area contributed by atoms with E-state index in [0.717, 1.165) is 36.8 Å². The van der Waals surface area contributed by atoms with E-state index in [1.165, 1.54) is 10.7 Å². The van der Waals surface area contributed by atoms with E-state index >= 15 is 0 Å². The van der Waals surface area contributed by atoms with E-state index in [-0.39, 0.29) is 34.8 Å². The minimum absolute atomic E-state index is 0.103. The summed E-state index contributed by atoms with van der Waals surface area (Å²) in [6.45, 7) is 18.4. The summed E-state index contributed by atoms with van der Waals surface area (Å²) >= 11 is -2.03. The third-order valence-corrected chi connectivity index (χ3v) is 10.4. The van der Waals surface area contributed by atoms with Gasteiger partial charge in [0, 0.05) is 18.3 Å². The van der Waals surface area contributed by atoms with Crippen molar-refractivity contribution in [3.63, 3.8) is 0 Å². The molecule has 2 aromatic carbocycles. The van der Waals surface area contributed by atoms with Crippen LogP contribution in [0.25, 0.3) is 21.9 Å². The fourth-order valence-electron chi connectivity index (χ4n) is 7.42. The Morgan fingerprint density at radius 1 is 1.10 bits per heavy atom. The Kier molecular flexibility index (Phi) is 9.70. The molecule has 3 heterocycles. The van der Waals surface area contributed by atoms with Crippen LogP contribution in [0.1, 0.15) is 74.4 Å². The van der Waals surface area contributed by atoms with Gasteiger partial charge in [-0.2, -0.15) is 4.21 Å². The van der Waals surface area contributed by atoms with Crippen LogP contribution in [-0.4, -0.2) is 54.5 Å². The van der Waals surface area contributed by atoms with Gasteiger partial charge in [-0.15, -0.1) is 0 Å². The number of hydrogen-bond acceptors (Lipinski definition) is 7. The van der Waals surface area contributed by atoms with Crippen LogP contribution in [0.15, 0.2) is 42.6 Å². The Morgan fingerprint density at radius 2 is 1.86 bits per heavy atom. The van der Waals surface area contributed by atoms with Crippen LogP contribution in [0, 0.1) is 38.2 Å². The largest absolute Gasteiger partial charge is 0.480 e. The number of nitrogens with one attached hydrogen (secondary N) is 2. The molecule has 1 saturated heterocycles. The Bertz CT molecular complexity index is 1950. The van der Waals surface area contributed by atoms with Crippen molar-refractivity contribution >= 4 is 45.9 Å². The number of carbonyl (C=O) groups excluding carboxylic acids is 1. The maximum absolute atomic E-state index is 13.6. The van der Waals surface area contributed by atoms with Crippen molar-refractivity contribution in [2.45, 2.75) is 78.9 Å². The van der Waals surface area contributed by atoms with Crippen molar-refractivity contribution < 1.29 is 27.8 Å². The Labute approximate surface area is 288 Å². The second-order valence-corrected chi connectivity index (χ2v) is 14.5. The molecule has 12 nitrogen and oxygen atoms in total. The molecule has 3 N–H and O–H groups in total. The molecule has 258 valence electrons. The lowest BCUT2D eigenvalue weighted by molar-refractivity contribution is -0.139. The summed E-state index contributed by atoms with van der Waals surface area (Å²) in [6, 6.07) is 10.2. The van der Waals surface area contributed by atoms with Crippen molar-refractivity contribution in [1.29, 1.82) is 0 Å². The molecule has 2 aromatic heterocycles. The average Bonchev–Trinajstić information content (AvgIpc) is 3.62. The van der Waals surface area contributed by atoms with E-state index in [2.05, 4.69) is 35.4 Å². The number of anilines is 2. The number of hydrogen-bond donors (Lipinski definition) is 3. The summed E-state index contributed by atoms with van der Waals surface area (Å²) in [5.41, 5.74) is 3.82. The molecule has 0 bridgehead atoms. The summed E-state index contributed by atoms with van der Waals surface area (Å²) in [5, 5.41) is 13.2. The number of H-pyrrole nitrogens is 1. The summed E-state index contributed by atoms with van der Waals surface area (Å²) in [7, 11) is 0. The number of nitrogens with zero attached hydrogens (tertiary/aromatic N) is 4. The van der Waals surface area contributed by atoms with Gasteiger partial charge < -0.3 is 18.9 Å². The first-order chi connectivity index (χ1) is 23.4. The summed E-state index contributed by atoms with van der Waals surface area (Å²) in [6.07, 6.45) is 5.30. The maximum Gasteiger partial charge on any atom is 0.331 e. The number of piperidine rings is 1. The van der Waals surface area contributed by atoms with Crippen molar-refractivity contribution in [1.82, 2.24) is 14.6 Å². The number of aryl methyl sites for hydroxylation is 2. The Morgan fingerprint density at radius 3 is 2.57 bits per heavy atom. The van der Waals surface area contributed by atoms with Crippen molar-refractivity contribution in [2.75, 3.05) is 16.2 Å². The smallest absolute Gasteiger partial charge is 0.331 e. The molecule has 49 heavy (non-hydrogen) atoms. The van der Waals surface area contributed by atoms with Crippen LogP contribution in [0.3, 0.4) is 0 Å². The predicted molar refractivity (Wildman–Crippen MR) is 188 cm³/mol. The maximum atomic E-state index is 13.6. The first-order valence-electron chi connectivity index (χ1n) is 16.7. The molecule has 0 radical (unpaired) electrons. The number of ether oxygens (including phenoxy) is 1. The van der Waals surface area contributed by atoms with E-state index in [0.29, 0.717) is 47.4 Å². The van der Waals surface area contributed by atoms with E-state index in [1.54, 1.807) is 24.3 Å². The number of aromatic amines is 1. The highest BCUT2D eigenvalue weighted by Gasteiger charge is 2.36. The lowest BCUT2D eigenvalue weighted by atomic mass is 9.75. The van der Waals surface area contributed by atoms with Crippen LogP contribution < -0.4 is 13.8 Å². The Hall–Kier alpha value is -4.83. The highest BCUT2D eigenvalue weighted by Crippen LogP contribution is 2.38. The predicted octanol–water partition coefficient (Wildman–Crippen LogP) is 7.24. The number of rotatable bonds is 9. The quantitative estimate of drug-likeness (QED) is 0.124. The zero-order chi connectivity index (χ0) is 35.0. The number of aromatic nitrogens is 3. The van der Waals surface area contributed by atoms with Gasteiger partial charge in [-0.05, 0) is 99.1 Å². The molecule has 6 rings (SSSR count). The molecule has 4 aromatic rings. The van der Waals surface area contributed by atoms with Gasteiger partial charge >= 0.3 is 23.2 Å². The average molecular weight is 687 g/mol. The molecule has 4 unspecified atom stereocenters. The van der Waals surface area contributed by atoms with E-state index in [1.807, 2.05) is 30.9 Å². The molecule has 13 heteroatoms. The Balaban J connectivity index is 1.35. The highest BCUT2D eigenvalue weighted by molar-refractivity contribution is 7.82. The minimum atomic E-state index is -2.03. The normalized spacial score (nSPS) is 23.1. The molecule has 2 fully saturated rings. The SMILES string of the molecule is [C-]#[N+]c1cn2[nH]c(-c3ccc(N4CCCCC4C(=O)O)c(NS(=O)Oc4cc(C)ccc4C)c3)nc2c1C(=O)OC1C(C)CC(C)CC1C. The fourth-order valence-corrected chi connectivity index (χ4v) is 8.15. The summed E-state index contributed by atoms with van der Waals surface area (Å²) < 4.78 is 29.7. The van der Waals surface area contributed by atoms with Gasteiger partial charge in [0.25, 0.3) is 0 Å². The number of aliphatic carboxylic acids is 1. The molecule has 2 aliphatic rings. The van der Waals surface area contributed by atoms with Crippen LogP contribution >= 0.6 is 0 Å². The molecular formula is C36H42N6O6S. The van der Waals surface area contributed by atoms with Crippen LogP contribution in [0.2, 0.25) is 0 Å². The van der Waals surface area contributed by atoms with Gasteiger partial charge in [0.15, 0.2) is 11.5 Å². The number of carboxylic acids is 1. The molecule has 0 spiro atoms. The topological polar surface area (TPSA) is 143 Å². The van der Waals surface area contributed by atoms with Gasteiger partial charge in [-0.3, -0.25) is 14.3 Å². The van der Waals surface area contributed by atoms with Gasteiger partial charge in [0.05, 0.1) is 17.9 Å². The standard InChI is InChI=1S/C36H42N6O6S/c1-20-10-11-22(3)30(17-20)48-49(46)40-26-18-25(12-13-28(26)41-14-8-7-9-29(41)35(43)44)33-38-34-31(27(37-6)19-42(34)39-33)36(45)47-32-23(4)15-21(2)16-24(32)5/h10-13,17-19,21,23-24,29,32,40H,7-9,14-16H2,1-5H3,(H,38,39)(H,43,44). The van der Waals surface area contributed by atoms with Crippen molar-refractivity contribution in [2.24, 2.45) is 17.8 Å². The number of carboxylic acid groups (broad SMARTS) is 1. The van der Waals surface area contributed by atoms with Crippen LogP contribution in [0.5, 0.6) is 5.75 Å². The zero-order valence-corrected chi connectivity index (χ0v) is 29.2. The van der Waals surface area contributed by atoms with Crippen LogP contribution in [0.4, 0.5) is 17.1 Å². The third kappa shape index (κ3) is 7.01. The minimum Gasteiger partial charge on any atom is -0.480 e. The van der Waals surface area contributed by atoms with E-state index in [9.17, 15) is 18.9 Å². The van der Waals surface area contributed by atoms with Gasteiger partial charge in [-0.1, -0.05) is 32.9 Å². The molecule has 0 amide bonds. The number of esters is 1. The van der Waals surface area contributed by atoms with Crippen molar-refractivity contribution in [3.8, 4) is 17.1 Å². The monoisotopic (exact) mass is 686 g/mol. The van der Waals surface area contributed by atoms with Crippen molar-refractivity contribution in [3.05, 3.63) is 70.7 Å². The highest BCUT2D eigenvalue weighted by atomic mass is 32.2. The van der Waals surface area contributed by atoms with E-state index in [4.69, 9.17) is 20.5 Å². The number of benzene rings is 2. The molecular weight excluding hydrogens is 644 g/mol. The van der Waals surface area contributed by atoms with Gasteiger partial charge in [-0.25, -0.2) is 19.4 Å². The molecule has 1 aliphatic heterocycles. The van der Waals surface area contributed by atoms with Gasteiger partial charge in [0.1, 0.15) is 23.5 Å². The first kappa shape index (κ1) is 34.0. The number of fused-ring (bicyclic) bond motifs is 1.